The van der Waals surface area contributed by atoms with Crippen molar-refractivity contribution in [1.82, 2.24) is 36.8 Å². The number of likely N-dealkylation sites (N-methyl/N-ethyl adjacent to an activating group) is 1. The van der Waals surface area contributed by atoms with Crippen LogP contribution in [0.4, 0.5) is 0 Å². The first-order chi connectivity index (χ1) is 53.6. The van der Waals surface area contributed by atoms with E-state index in [1.54, 1.807) is 31.3 Å². The van der Waals surface area contributed by atoms with Gasteiger partial charge in [0.25, 0.3) is 5.91 Å². The van der Waals surface area contributed by atoms with E-state index in [2.05, 4.69) is 31.9 Å². The Morgan fingerprint density at radius 3 is 1.40 bits per heavy atom. The summed E-state index contributed by atoms with van der Waals surface area (Å²) in [7, 11) is -1.36. The Hall–Kier alpha value is -3.47. The number of aliphatic hydroxyl groups excluding tert-OH is 6. The summed E-state index contributed by atoms with van der Waals surface area (Å²) in [6, 6.07) is -1.56. The Bertz CT molecular complexity index is 3980. The Morgan fingerprint density at radius 2 is 0.965 bits per heavy atom. The maximum absolute atomic E-state index is 12.9. The molecule has 626 valence electrons. The van der Waals surface area contributed by atoms with E-state index in [1.165, 1.54) is 4.90 Å². The molecule has 113 heavy (non-hydrogen) atoms. The molecule has 16 aliphatic rings. The van der Waals surface area contributed by atoms with Crippen molar-refractivity contribution < 1.29 is 85.1 Å². The van der Waals surface area contributed by atoms with E-state index in [1.807, 2.05) is 90.2 Å². The van der Waals surface area contributed by atoms with E-state index in [9.17, 15) is 85.1 Å². The number of β-lactam (4-membered cyclic amide) rings is 6. The number of allylic oxidation sites excluding steroid dienone is 6. The molecule has 0 bridgehead atoms. The summed E-state index contributed by atoms with van der Waals surface area (Å²) in [4.78, 5) is 99.7. The van der Waals surface area contributed by atoms with Crippen LogP contribution < -0.4 is 31.9 Å². The van der Waals surface area contributed by atoms with Gasteiger partial charge in [-0.3, -0.25) is 27.6 Å². The second kappa shape index (κ2) is 36.1. The predicted molar refractivity (Wildman–Crippen MR) is 433 cm³/mol. The average Bonchev–Trinajstić information content (AvgIpc) is 1.64. The summed E-state index contributed by atoms with van der Waals surface area (Å²) in [5, 5.41) is 81.9. The van der Waals surface area contributed by atoms with Crippen LogP contribution >= 0.6 is 46.4 Å². The van der Waals surface area contributed by atoms with E-state index in [0.29, 0.717) is 54.1 Å². The first-order valence-corrected chi connectivity index (χ1v) is 51.2. The molecule has 28 atom stereocenters. The molecule has 0 aromatic rings. The van der Waals surface area contributed by atoms with Gasteiger partial charge < -0.3 is 36.2 Å². The summed E-state index contributed by atoms with van der Waals surface area (Å²) >= 11 is 17.0. The molecule has 12 N–H and O–H groups in total. The van der Waals surface area contributed by atoms with Crippen LogP contribution in [0.3, 0.4) is 0 Å². The SMILES string of the molecule is CC(C)[C@H](O)[C@@]12[Te]C(=O)C(C)[C@@H]1NC2=O.CC(C)[C@H](O)[C@]12C(=O)N[C@H]1C(C)C(=O)N2C.CC1=C(CCCl)[C@@H]2NC(=O)[C@]2([C@@H](O)[C@@H]2C=CCCC2)S1=O.CC1=C(CCCl)[C@@H]2NC(=O)[C@]2([C@@H](O)[C@@H]2C=CCCC2)[Se]1=O.O=C1N[C@H]2C(CCCl)=CS(=O)[C@@]12[C@@H](O)[C@@H]1C=CCCC1.O=C1N[C@H]2C(CCCl)=C[Se](=O)[C@@]12[C@@H](O)[C@@H]1C=CCCC1. The van der Waals surface area contributed by atoms with Gasteiger partial charge in [0, 0.05) is 41.0 Å². The second-order valence-corrected chi connectivity index (χ2v) is 48.4. The van der Waals surface area contributed by atoms with E-state index in [0.717, 1.165) is 104 Å². The monoisotopic (exact) mass is 1940 g/mol. The van der Waals surface area contributed by atoms with E-state index < -0.39 is 134 Å². The molecule has 34 heteroatoms. The van der Waals surface area contributed by atoms with Crippen LogP contribution in [0.5, 0.6) is 0 Å². The molecule has 4 aliphatic carbocycles. The maximum atomic E-state index is 12.9. The van der Waals surface area contributed by atoms with Gasteiger partial charge in [-0.05, 0) is 75.4 Å². The number of aliphatic hydroxyl groups is 6. The van der Waals surface area contributed by atoms with Gasteiger partial charge in [0.2, 0.25) is 17.7 Å². The number of carbonyl (C=O) groups excluding carboxylic acids is 8. The summed E-state index contributed by atoms with van der Waals surface area (Å²) in [6.07, 6.45) is 24.9. The minimum atomic E-state index is -2.59. The second-order valence-electron chi connectivity index (χ2n) is 32.9. The van der Waals surface area contributed by atoms with Gasteiger partial charge in [-0.15, -0.1) is 23.2 Å². The number of nitrogens with zero attached hydrogens (tertiary/aromatic N) is 1. The number of nitrogens with one attached hydrogen (secondary N) is 6. The van der Waals surface area contributed by atoms with Crippen molar-refractivity contribution in [1.29, 1.82) is 0 Å². The van der Waals surface area contributed by atoms with Crippen molar-refractivity contribution in [2.24, 2.45) is 47.3 Å². The van der Waals surface area contributed by atoms with Crippen LogP contribution in [-0.2, 0) is 67.6 Å². The third kappa shape index (κ3) is 14.5. The van der Waals surface area contributed by atoms with Crippen LogP contribution in [0.1, 0.15) is 158 Å². The molecule has 7 amide bonds. The normalized spacial score (nSPS) is 40.2. The van der Waals surface area contributed by atoms with Gasteiger partial charge in [0.05, 0.1) is 64.0 Å². The molecule has 12 heterocycles. The Kier molecular flexibility index (Phi) is 28.8. The molecule has 16 rings (SSSR count). The standard InChI is InChI=1S/C15H20ClNO3S.C15H20ClNO3Se.C14H18ClNO3S.C14H18ClNO3Se.C11H18N2O3.C10H15NO3Te/c2*1-9-11(7-8-16)12-15(21(9)20,14(19)17-12)13(18)10-5-3-2-4-6-10;2*15-7-6-10-8-20(19)14(11(10)16-13(14)18)12(17)9-4-2-1-3-5-9;1-5(2)8(14)11-7(12-10(11)16)6(3)9(15)13(11)4;1-4(2)7(12)10-6(11-9(10)14)5(3)8(13)15-10/h2*3,5,10,12-13,18H,2,4,6-8H2,1H3,(H,17,19);2*2,4,8-9,11-12,17H,1,3,5-7H2,(H,16,18);5-8,14H,1-4H3,(H,12,16);4-7,12H,1-3H3,(H,11,14)/t2*10-,12+,13+,15+,21?;2*9-,11+,12+,14+,20?;6?,7-,8-,11-;5?,6-,7-,10-/m111100/s1. The number of halogens is 4. The molecule has 0 aromatic carbocycles. The van der Waals surface area contributed by atoms with Crippen LogP contribution in [0, 0.1) is 47.3 Å². The molecule has 8 saturated heterocycles. The fraction of sp³-hybridized carbons (Fsp3) is 0.696. The number of rotatable bonds is 20. The molecule has 6 unspecified atom stereocenters. The van der Waals surface area contributed by atoms with Crippen LogP contribution in [0.25, 0.3) is 0 Å². The van der Waals surface area contributed by atoms with E-state index >= 15 is 0 Å². The number of likely N-dealkylation sites (tertiary alicyclic amines) is 1. The summed E-state index contributed by atoms with van der Waals surface area (Å²) in [5.74, 6) is -0.508. The van der Waals surface area contributed by atoms with Crippen molar-refractivity contribution in [3.8, 4) is 0 Å². The Morgan fingerprint density at radius 1 is 0.522 bits per heavy atom. The molecule has 0 saturated carbocycles. The molecular weight excluding hydrogens is 1830 g/mol. The number of alkyl halides is 4. The molecule has 0 aromatic heterocycles. The Balaban J connectivity index is 0.000000134. The Labute approximate surface area is 704 Å². The quantitative estimate of drug-likeness (QED) is 0.0328. The molecular formula is C79H109Cl4N7O18S2Se2Te. The molecule has 8 fully saturated rings. The number of hydrogen-bond donors (Lipinski definition) is 12. The number of fused-ring (bicyclic) bond motifs is 6. The van der Waals surface area contributed by atoms with Gasteiger partial charge in [0.1, 0.15) is 0 Å². The summed E-state index contributed by atoms with van der Waals surface area (Å²) < 4.78 is 46.6. The molecule has 25 nitrogen and oxygen atoms in total. The van der Waals surface area contributed by atoms with Crippen LogP contribution in [-0.4, -0.2) is 256 Å². The van der Waals surface area contributed by atoms with E-state index in [4.69, 9.17) is 46.4 Å². The number of carbonyl (C=O) groups is 8. The van der Waals surface area contributed by atoms with Gasteiger partial charge in [-0.25, -0.2) is 0 Å². The zero-order valence-electron chi connectivity index (χ0n) is 65.0. The molecule has 0 radical (unpaired) electrons. The topological polar surface area (TPSA) is 402 Å². The van der Waals surface area contributed by atoms with Crippen molar-refractivity contribution in [2.75, 3.05) is 30.6 Å². The predicted octanol–water partition coefficient (Wildman–Crippen LogP) is 5.05. The zero-order chi connectivity index (χ0) is 82.7. The number of hydrogen-bond acceptors (Lipinski definition) is 18. The first-order valence-electron chi connectivity index (χ1n) is 39.4. The van der Waals surface area contributed by atoms with Gasteiger partial charge in [-0.1, -0.05) is 45.1 Å². The number of amides is 7. The van der Waals surface area contributed by atoms with Crippen molar-refractivity contribution in [2.45, 2.75) is 258 Å². The van der Waals surface area contributed by atoms with Gasteiger partial charge in [0.15, 0.2) is 15.0 Å². The third-order valence-corrected chi connectivity index (χ3v) is 43.8. The molecule has 0 spiro atoms. The fourth-order valence-corrected chi connectivity index (χ4v) is 36.9. The van der Waals surface area contributed by atoms with Crippen LogP contribution in [0.2, 0.25) is 12.1 Å². The average molecular weight is 1940 g/mol. The zero-order valence-corrected chi connectivity index (χ0v) is 75.5. The first kappa shape index (κ1) is 90.3. The van der Waals surface area contributed by atoms with E-state index in [-0.39, 0.29) is 129 Å². The fourth-order valence-electron chi connectivity index (χ4n) is 19.7. The van der Waals surface area contributed by atoms with Gasteiger partial charge >= 0.3 is 359 Å². The molecule has 12 aliphatic heterocycles. The van der Waals surface area contributed by atoms with Crippen molar-refractivity contribution >= 4 is 162 Å². The summed E-state index contributed by atoms with van der Waals surface area (Å²) in [6.45, 7) is 14.7. The summed E-state index contributed by atoms with van der Waals surface area (Å²) in [5.41, 5.74) is 2.69. The minimum absolute atomic E-state index is 0.0294. The van der Waals surface area contributed by atoms with Crippen LogP contribution in [0.15, 0.2) is 90.7 Å². The third-order valence-electron chi connectivity index (χ3n) is 26.3. The van der Waals surface area contributed by atoms with Gasteiger partial charge in [-0.2, -0.15) is 0 Å². The van der Waals surface area contributed by atoms with Crippen molar-refractivity contribution in [3.05, 3.63) is 90.7 Å². The van der Waals surface area contributed by atoms with Crippen molar-refractivity contribution in [3.63, 3.8) is 0 Å².